The molecule has 3 heterocycles. The van der Waals surface area contributed by atoms with Crippen molar-refractivity contribution >= 4 is 27.6 Å². The number of rotatable bonds is 12. The maximum atomic E-state index is 12.6. The number of hydrogen-bond donors (Lipinski definition) is 1. The summed E-state index contributed by atoms with van der Waals surface area (Å²) < 4.78 is 9.25. The first-order valence-corrected chi connectivity index (χ1v) is 14.2. The van der Waals surface area contributed by atoms with Gasteiger partial charge in [0.2, 0.25) is 0 Å². The number of nitrogens with zero attached hydrogens (tertiary/aromatic N) is 4. The first-order chi connectivity index (χ1) is 19.9. The zero-order valence-electron chi connectivity index (χ0n) is 23.9. The van der Waals surface area contributed by atoms with Gasteiger partial charge in [-0.3, -0.25) is 19.3 Å². The third-order valence-electron chi connectivity index (χ3n) is 7.74. The Morgan fingerprint density at radius 2 is 1.73 bits per heavy atom. The summed E-state index contributed by atoms with van der Waals surface area (Å²) in [5, 5.41) is 16.4. The Bertz CT molecular complexity index is 1770. The van der Waals surface area contributed by atoms with E-state index in [1.807, 2.05) is 54.5 Å². The minimum absolute atomic E-state index is 0.0190. The minimum atomic E-state index is -0.713. The summed E-state index contributed by atoms with van der Waals surface area (Å²) in [5.74, 6) is -0.0194. The highest BCUT2D eigenvalue weighted by Crippen LogP contribution is 2.37. The Morgan fingerprint density at radius 3 is 2.51 bits per heavy atom. The van der Waals surface area contributed by atoms with Crippen molar-refractivity contribution in [2.45, 2.75) is 58.4 Å². The Kier molecular flexibility index (Phi) is 8.47. The van der Waals surface area contributed by atoms with E-state index in [0.29, 0.717) is 11.3 Å². The number of carbonyl (C=O) groups is 1. The number of benzene rings is 2. The van der Waals surface area contributed by atoms with E-state index in [2.05, 4.69) is 23.3 Å². The van der Waals surface area contributed by atoms with Crippen LogP contribution in [0.25, 0.3) is 44.1 Å². The van der Waals surface area contributed by atoms with Crippen molar-refractivity contribution in [2.75, 3.05) is 7.11 Å². The molecule has 8 heteroatoms. The quantitative estimate of drug-likeness (QED) is 0.172. The first kappa shape index (κ1) is 28.1. The van der Waals surface area contributed by atoms with E-state index in [-0.39, 0.29) is 12.0 Å². The van der Waals surface area contributed by atoms with E-state index in [1.54, 1.807) is 18.7 Å². The summed E-state index contributed by atoms with van der Waals surface area (Å²) in [6.07, 6.45) is 12.1. The molecular formula is C33H36N4O4. The Balaban J connectivity index is 1.36. The third-order valence-corrected chi connectivity index (χ3v) is 7.74. The summed E-state index contributed by atoms with van der Waals surface area (Å²) in [5.41, 5.74) is 5.36. The molecule has 0 amide bonds. The van der Waals surface area contributed by atoms with Gasteiger partial charge in [-0.2, -0.15) is 5.10 Å². The number of hydrogen-bond acceptors (Lipinski definition) is 5. The molecule has 0 aliphatic carbocycles. The van der Waals surface area contributed by atoms with E-state index in [0.717, 1.165) is 89.1 Å². The first-order valence-electron chi connectivity index (χ1n) is 14.2. The van der Waals surface area contributed by atoms with Crippen molar-refractivity contribution in [3.8, 4) is 28.1 Å². The number of ether oxygens (including phenoxy) is 1. The largest absolute Gasteiger partial charge is 0.497 e. The normalized spacial score (nSPS) is 11.4. The van der Waals surface area contributed by atoms with Gasteiger partial charge in [-0.15, -0.1) is 0 Å². The van der Waals surface area contributed by atoms with Crippen LogP contribution in [-0.4, -0.2) is 37.5 Å². The van der Waals surface area contributed by atoms with Crippen molar-refractivity contribution in [2.24, 2.45) is 7.05 Å². The SMILES string of the molecule is COc1cc(-c2cccc3cc(-c4cnn(CCCCCCCCC(=O)O)c4)ncc23)c2cc(C)c(=O)n(C)c2c1. The Morgan fingerprint density at radius 1 is 0.951 bits per heavy atom. The van der Waals surface area contributed by atoms with Gasteiger partial charge in [0.15, 0.2) is 0 Å². The van der Waals surface area contributed by atoms with Gasteiger partial charge >= 0.3 is 5.97 Å². The molecule has 0 spiro atoms. The molecular weight excluding hydrogens is 516 g/mol. The monoisotopic (exact) mass is 552 g/mol. The fourth-order valence-electron chi connectivity index (χ4n) is 5.47. The average Bonchev–Trinajstić information content (AvgIpc) is 3.45. The van der Waals surface area contributed by atoms with E-state index >= 15 is 0 Å². The van der Waals surface area contributed by atoms with E-state index in [1.165, 1.54) is 0 Å². The van der Waals surface area contributed by atoms with Crippen LogP contribution < -0.4 is 10.3 Å². The zero-order chi connectivity index (χ0) is 28.9. The molecule has 3 aromatic heterocycles. The summed E-state index contributed by atoms with van der Waals surface area (Å²) in [6, 6.07) is 14.2. The fraction of sp³-hybridized carbons (Fsp3) is 0.333. The second kappa shape index (κ2) is 12.4. The van der Waals surface area contributed by atoms with Crippen molar-refractivity contribution in [1.29, 1.82) is 0 Å². The van der Waals surface area contributed by atoms with Gasteiger partial charge < -0.3 is 14.4 Å². The summed E-state index contributed by atoms with van der Waals surface area (Å²) in [7, 11) is 3.43. The highest BCUT2D eigenvalue weighted by atomic mass is 16.5. The molecule has 5 aromatic rings. The Hall–Kier alpha value is -4.46. The number of unbranched alkanes of at least 4 members (excludes halogenated alkanes) is 5. The number of fused-ring (bicyclic) bond motifs is 2. The van der Waals surface area contributed by atoms with Gasteiger partial charge in [0.25, 0.3) is 5.56 Å². The van der Waals surface area contributed by atoms with Crippen LogP contribution in [-0.2, 0) is 18.4 Å². The topological polar surface area (TPSA) is 99.2 Å². The fourth-order valence-corrected chi connectivity index (χ4v) is 5.47. The smallest absolute Gasteiger partial charge is 0.303 e. The van der Waals surface area contributed by atoms with Gasteiger partial charge in [0, 0.05) is 60.4 Å². The molecule has 0 aliphatic rings. The number of carboxylic acid groups (broad SMARTS) is 1. The number of methoxy groups -OCH3 is 1. The lowest BCUT2D eigenvalue weighted by Gasteiger charge is -2.15. The molecule has 0 atom stereocenters. The summed E-state index contributed by atoms with van der Waals surface area (Å²) in [6.45, 7) is 2.69. The van der Waals surface area contributed by atoms with Crippen molar-refractivity contribution in [1.82, 2.24) is 19.3 Å². The van der Waals surface area contributed by atoms with Gasteiger partial charge in [-0.1, -0.05) is 43.9 Å². The van der Waals surface area contributed by atoms with Crippen molar-refractivity contribution < 1.29 is 14.6 Å². The van der Waals surface area contributed by atoms with E-state index in [4.69, 9.17) is 14.8 Å². The summed E-state index contributed by atoms with van der Waals surface area (Å²) >= 11 is 0. The van der Waals surface area contributed by atoms with Gasteiger partial charge in [0.1, 0.15) is 5.75 Å². The van der Waals surface area contributed by atoms with Crippen LogP contribution in [0.4, 0.5) is 0 Å². The maximum Gasteiger partial charge on any atom is 0.303 e. The molecule has 0 saturated carbocycles. The minimum Gasteiger partial charge on any atom is -0.497 e. The molecule has 0 saturated heterocycles. The maximum absolute atomic E-state index is 12.6. The third kappa shape index (κ3) is 6.16. The highest BCUT2D eigenvalue weighted by Gasteiger charge is 2.15. The van der Waals surface area contributed by atoms with Crippen LogP contribution in [0.3, 0.4) is 0 Å². The molecule has 212 valence electrons. The van der Waals surface area contributed by atoms with E-state index in [9.17, 15) is 9.59 Å². The molecule has 5 rings (SSSR count). The van der Waals surface area contributed by atoms with Crippen LogP contribution >= 0.6 is 0 Å². The molecule has 0 fully saturated rings. The van der Waals surface area contributed by atoms with Crippen LogP contribution in [0, 0.1) is 6.92 Å². The average molecular weight is 553 g/mol. The summed E-state index contributed by atoms with van der Waals surface area (Å²) in [4.78, 5) is 28.1. The van der Waals surface area contributed by atoms with Crippen LogP contribution in [0.5, 0.6) is 5.75 Å². The lowest BCUT2D eigenvalue weighted by atomic mass is 9.94. The number of carboxylic acids is 1. The van der Waals surface area contributed by atoms with Crippen molar-refractivity contribution in [3.63, 3.8) is 0 Å². The zero-order valence-corrected chi connectivity index (χ0v) is 23.9. The lowest BCUT2D eigenvalue weighted by Crippen LogP contribution is -2.19. The predicted octanol–water partition coefficient (Wildman–Crippen LogP) is 6.75. The molecule has 1 N–H and O–H groups in total. The van der Waals surface area contributed by atoms with Gasteiger partial charge in [-0.25, -0.2) is 0 Å². The standard InChI is InChI=1S/C33H36N4O4/c1-22-15-28-27(17-25(41-3)18-31(28)36(2)33(22)40)26-12-10-11-23-16-30(34-20-29(23)26)24-19-35-37(21-24)14-9-7-5-4-6-8-13-32(38)39/h10-12,15-21H,4-9,13-14H2,1-3H3,(H,38,39). The van der Waals surface area contributed by atoms with E-state index < -0.39 is 5.97 Å². The van der Waals surface area contributed by atoms with Crippen LogP contribution in [0.1, 0.15) is 50.5 Å². The second-order valence-corrected chi connectivity index (χ2v) is 10.7. The number of aliphatic carboxylic acids is 1. The van der Waals surface area contributed by atoms with Gasteiger partial charge in [-0.05, 0) is 54.5 Å². The molecule has 8 nitrogen and oxygen atoms in total. The molecule has 0 unspecified atom stereocenters. The molecule has 0 bridgehead atoms. The number of aromatic nitrogens is 4. The molecule has 41 heavy (non-hydrogen) atoms. The number of aryl methyl sites for hydroxylation is 3. The molecule has 0 radical (unpaired) electrons. The van der Waals surface area contributed by atoms with Crippen LogP contribution in [0.2, 0.25) is 0 Å². The van der Waals surface area contributed by atoms with Gasteiger partial charge in [0.05, 0.1) is 24.5 Å². The van der Waals surface area contributed by atoms with Crippen LogP contribution in [0.15, 0.2) is 65.8 Å². The number of pyridine rings is 2. The lowest BCUT2D eigenvalue weighted by molar-refractivity contribution is -0.137. The van der Waals surface area contributed by atoms with Crippen molar-refractivity contribution in [3.05, 3.63) is 77.0 Å². The second-order valence-electron chi connectivity index (χ2n) is 10.7. The molecule has 2 aromatic carbocycles. The molecule has 0 aliphatic heterocycles. The highest BCUT2D eigenvalue weighted by molar-refractivity contribution is 6.05. The predicted molar refractivity (Wildman–Crippen MR) is 162 cm³/mol. The Labute approximate surface area is 239 Å².